The van der Waals surface area contributed by atoms with Crippen LogP contribution in [0, 0.1) is 27.7 Å². The Morgan fingerprint density at radius 1 is 0.935 bits per heavy atom. The predicted molar refractivity (Wildman–Crippen MR) is 134 cm³/mol. The van der Waals surface area contributed by atoms with Crippen LogP contribution in [0.5, 0.6) is 0 Å². The number of benzene rings is 2. The van der Waals surface area contributed by atoms with Crippen molar-refractivity contribution in [2.45, 2.75) is 86.2 Å². The highest BCUT2D eigenvalue weighted by atomic mass is 16.1. The molecule has 31 heavy (non-hydrogen) atoms. The van der Waals surface area contributed by atoms with Crippen LogP contribution in [0.2, 0.25) is 0 Å². The molecule has 2 aromatic rings. The van der Waals surface area contributed by atoms with E-state index in [4.69, 9.17) is 0 Å². The zero-order valence-corrected chi connectivity index (χ0v) is 20.3. The molecule has 1 amide bonds. The molecule has 0 spiro atoms. The summed E-state index contributed by atoms with van der Waals surface area (Å²) in [5.41, 5.74) is 10.7. The molecule has 3 heteroatoms. The van der Waals surface area contributed by atoms with Crippen LogP contribution in [0.25, 0.3) is 17.2 Å². The van der Waals surface area contributed by atoms with Crippen LogP contribution in [0.15, 0.2) is 29.8 Å². The summed E-state index contributed by atoms with van der Waals surface area (Å²) in [5, 5.41) is 6.67. The summed E-state index contributed by atoms with van der Waals surface area (Å²) in [5.74, 6) is -0.00136. The number of anilines is 1. The molecule has 0 saturated heterocycles. The summed E-state index contributed by atoms with van der Waals surface area (Å²) in [4.78, 5) is 12.4. The highest BCUT2D eigenvalue weighted by molar-refractivity contribution is 5.98. The van der Waals surface area contributed by atoms with Crippen molar-refractivity contribution in [1.82, 2.24) is 5.32 Å². The molecule has 0 heterocycles. The van der Waals surface area contributed by atoms with E-state index in [1.165, 1.54) is 64.8 Å². The second-order valence-electron chi connectivity index (χ2n) is 9.45. The average molecular weight is 419 g/mol. The van der Waals surface area contributed by atoms with Gasteiger partial charge in [-0.2, -0.15) is 0 Å². The van der Waals surface area contributed by atoms with Gasteiger partial charge in [0.25, 0.3) is 0 Å². The number of carbonyl (C=O) groups is 1. The van der Waals surface area contributed by atoms with Crippen LogP contribution in [0.1, 0.15) is 74.3 Å². The van der Waals surface area contributed by atoms with Gasteiger partial charge in [0.05, 0.1) is 0 Å². The van der Waals surface area contributed by atoms with Gasteiger partial charge in [0.2, 0.25) is 5.91 Å². The molecule has 1 fully saturated rings. The quantitative estimate of drug-likeness (QED) is 0.503. The molecule has 1 aliphatic rings. The molecule has 0 bridgehead atoms. The topological polar surface area (TPSA) is 41.1 Å². The van der Waals surface area contributed by atoms with Crippen molar-refractivity contribution >= 4 is 17.7 Å². The first-order valence-electron chi connectivity index (χ1n) is 11.7. The molecule has 2 N–H and O–H groups in total. The summed E-state index contributed by atoms with van der Waals surface area (Å²) in [6.45, 7) is 14.6. The van der Waals surface area contributed by atoms with Gasteiger partial charge in [-0.1, -0.05) is 25.0 Å². The maximum absolute atomic E-state index is 12.4. The van der Waals surface area contributed by atoms with E-state index in [1.807, 2.05) is 26.8 Å². The third kappa shape index (κ3) is 5.20. The van der Waals surface area contributed by atoms with E-state index in [2.05, 4.69) is 62.6 Å². The fourth-order valence-corrected chi connectivity index (χ4v) is 4.69. The number of amides is 1. The van der Waals surface area contributed by atoms with Crippen LogP contribution < -0.4 is 10.6 Å². The Bertz CT molecular complexity index is 948. The average Bonchev–Trinajstić information content (AvgIpc) is 3.23. The minimum absolute atomic E-state index is 0.00136. The summed E-state index contributed by atoms with van der Waals surface area (Å²) in [6, 6.07) is 9.66. The second kappa shape index (κ2) is 9.72. The van der Waals surface area contributed by atoms with Crippen molar-refractivity contribution in [3.05, 3.63) is 57.7 Å². The van der Waals surface area contributed by atoms with Gasteiger partial charge in [-0.15, -0.1) is 0 Å². The van der Waals surface area contributed by atoms with Crippen molar-refractivity contribution in [2.75, 3.05) is 5.32 Å². The number of carbonyl (C=O) groups excluding carboxylic acids is 1. The lowest BCUT2D eigenvalue weighted by atomic mass is 9.85. The Labute approximate surface area is 188 Å². The van der Waals surface area contributed by atoms with Crippen LogP contribution in [0.3, 0.4) is 0 Å². The normalized spacial score (nSPS) is 14.9. The Morgan fingerprint density at radius 3 is 2.00 bits per heavy atom. The summed E-state index contributed by atoms with van der Waals surface area (Å²) in [7, 11) is 0. The number of hydrogen-bond donors (Lipinski definition) is 2. The molecule has 166 valence electrons. The van der Waals surface area contributed by atoms with Crippen molar-refractivity contribution in [3.63, 3.8) is 0 Å². The van der Waals surface area contributed by atoms with Gasteiger partial charge in [-0.05, 0) is 118 Å². The Morgan fingerprint density at radius 2 is 1.48 bits per heavy atom. The standard InChI is InChI=1S/C28H38N2O/c1-17(2)29-28(31)18(3)16-26-19(4)21(6)27(22(7)20(26)5)23-12-14-25(15-13-23)30-24-10-8-9-11-24/h12-17,24,30H,8-11H2,1-7H3,(H,29,31)/b18-16+. The van der Waals surface area contributed by atoms with Crippen LogP contribution in [-0.2, 0) is 4.79 Å². The molecule has 3 rings (SSSR count). The molecule has 0 unspecified atom stereocenters. The maximum Gasteiger partial charge on any atom is 0.247 e. The lowest BCUT2D eigenvalue weighted by Crippen LogP contribution is -2.30. The summed E-state index contributed by atoms with van der Waals surface area (Å²) >= 11 is 0. The molecular formula is C28H38N2O. The third-order valence-corrected chi connectivity index (χ3v) is 6.72. The smallest absolute Gasteiger partial charge is 0.247 e. The molecule has 1 saturated carbocycles. The van der Waals surface area contributed by atoms with Crippen LogP contribution in [0.4, 0.5) is 5.69 Å². The van der Waals surface area contributed by atoms with Crippen LogP contribution in [-0.4, -0.2) is 18.0 Å². The van der Waals surface area contributed by atoms with Crippen molar-refractivity contribution < 1.29 is 4.79 Å². The number of hydrogen-bond acceptors (Lipinski definition) is 2. The van der Waals surface area contributed by atoms with E-state index in [-0.39, 0.29) is 11.9 Å². The zero-order valence-electron chi connectivity index (χ0n) is 20.3. The fourth-order valence-electron chi connectivity index (χ4n) is 4.69. The van der Waals surface area contributed by atoms with E-state index in [1.54, 1.807) is 0 Å². The molecule has 0 aromatic heterocycles. The zero-order chi connectivity index (χ0) is 22.7. The Kier molecular flexibility index (Phi) is 7.25. The predicted octanol–water partition coefficient (Wildman–Crippen LogP) is 6.87. The van der Waals surface area contributed by atoms with Gasteiger partial charge in [-0.3, -0.25) is 4.79 Å². The Balaban J connectivity index is 1.93. The van der Waals surface area contributed by atoms with Gasteiger partial charge < -0.3 is 10.6 Å². The van der Waals surface area contributed by atoms with Gasteiger partial charge in [0.1, 0.15) is 0 Å². The van der Waals surface area contributed by atoms with Crippen molar-refractivity contribution in [2.24, 2.45) is 0 Å². The maximum atomic E-state index is 12.4. The molecule has 0 atom stereocenters. The van der Waals surface area contributed by atoms with Gasteiger partial charge >= 0.3 is 0 Å². The van der Waals surface area contributed by atoms with E-state index in [0.717, 1.165) is 11.1 Å². The summed E-state index contributed by atoms with van der Waals surface area (Å²) < 4.78 is 0. The van der Waals surface area contributed by atoms with Gasteiger partial charge in [-0.25, -0.2) is 0 Å². The van der Waals surface area contributed by atoms with Crippen LogP contribution >= 0.6 is 0 Å². The number of nitrogens with one attached hydrogen (secondary N) is 2. The highest BCUT2D eigenvalue weighted by Gasteiger charge is 2.17. The lowest BCUT2D eigenvalue weighted by molar-refractivity contribution is -0.117. The van der Waals surface area contributed by atoms with E-state index in [9.17, 15) is 4.79 Å². The highest BCUT2D eigenvalue weighted by Crippen LogP contribution is 2.36. The van der Waals surface area contributed by atoms with Gasteiger partial charge in [0, 0.05) is 23.3 Å². The fraction of sp³-hybridized carbons (Fsp3) is 0.464. The van der Waals surface area contributed by atoms with Gasteiger partial charge in [0.15, 0.2) is 0 Å². The minimum atomic E-state index is -0.00136. The van der Waals surface area contributed by atoms with Crippen molar-refractivity contribution in [1.29, 1.82) is 0 Å². The first-order valence-corrected chi connectivity index (χ1v) is 11.7. The van der Waals surface area contributed by atoms with E-state index in [0.29, 0.717) is 6.04 Å². The largest absolute Gasteiger partial charge is 0.382 e. The second-order valence-corrected chi connectivity index (χ2v) is 9.45. The monoisotopic (exact) mass is 418 g/mol. The molecular weight excluding hydrogens is 380 g/mol. The first kappa shape index (κ1) is 23.1. The SMILES string of the molecule is C/C(=C\c1c(C)c(C)c(-c2ccc(NC3CCCC3)cc2)c(C)c1C)C(=O)NC(C)C. The first-order chi connectivity index (χ1) is 14.7. The molecule has 1 aliphatic carbocycles. The minimum Gasteiger partial charge on any atom is -0.382 e. The van der Waals surface area contributed by atoms with Crippen molar-refractivity contribution in [3.8, 4) is 11.1 Å². The molecule has 0 aliphatic heterocycles. The molecule has 0 radical (unpaired) electrons. The summed E-state index contributed by atoms with van der Waals surface area (Å²) in [6.07, 6.45) is 7.28. The third-order valence-electron chi connectivity index (χ3n) is 6.72. The molecule has 3 nitrogen and oxygen atoms in total. The lowest BCUT2D eigenvalue weighted by Gasteiger charge is -2.20. The molecule has 2 aromatic carbocycles. The van der Waals surface area contributed by atoms with E-state index >= 15 is 0 Å². The Hall–Kier alpha value is -2.55. The van der Waals surface area contributed by atoms with E-state index < -0.39 is 0 Å². The number of rotatable bonds is 6.